The summed E-state index contributed by atoms with van der Waals surface area (Å²) in [5.41, 5.74) is 0.838. The molecule has 1 rings (SSSR count). The molecule has 1 aromatic rings. The predicted molar refractivity (Wildman–Crippen MR) is 48.8 cm³/mol. The van der Waals surface area contributed by atoms with Crippen molar-refractivity contribution in [3.05, 3.63) is 17.7 Å². The summed E-state index contributed by atoms with van der Waals surface area (Å²) in [5.74, 6) is 0.746. The lowest BCUT2D eigenvalue weighted by Crippen LogP contribution is -2.15. The van der Waals surface area contributed by atoms with E-state index in [-0.39, 0.29) is 6.09 Å². The second-order valence-electron chi connectivity index (χ2n) is 2.72. The fourth-order valence-corrected chi connectivity index (χ4v) is 1.15. The Balaban J connectivity index is 2.91. The number of aromatic nitrogens is 2. The number of hydrogen-bond donors (Lipinski definition) is 0. The van der Waals surface area contributed by atoms with Gasteiger partial charge in [0.15, 0.2) is 0 Å². The van der Waals surface area contributed by atoms with Crippen LogP contribution in [0.4, 0.5) is 4.79 Å². The molecule has 1 aromatic heterocycles. The lowest BCUT2D eigenvalue weighted by molar-refractivity contribution is 0.153. The first-order valence-corrected chi connectivity index (χ1v) is 4.41. The second-order valence-corrected chi connectivity index (χ2v) is 2.72. The SMILES string of the molecule is CCOC(=O)n1cc(C)nc1CC. The second kappa shape index (κ2) is 4.07. The molecule has 4 heteroatoms. The van der Waals surface area contributed by atoms with Gasteiger partial charge in [-0.25, -0.2) is 14.3 Å². The van der Waals surface area contributed by atoms with Gasteiger partial charge in [0.1, 0.15) is 5.82 Å². The first kappa shape index (κ1) is 9.77. The van der Waals surface area contributed by atoms with Crippen LogP contribution in [0.2, 0.25) is 0 Å². The zero-order chi connectivity index (χ0) is 9.84. The highest BCUT2D eigenvalue weighted by Crippen LogP contribution is 2.04. The highest BCUT2D eigenvalue weighted by molar-refractivity contribution is 5.71. The quantitative estimate of drug-likeness (QED) is 0.700. The fraction of sp³-hybridized carbons (Fsp3) is 0.556. The summed E-state index contributed by atoms with van der Waals surface area (Å²) in [4.78, 5) is 15.5. The Hall–Kier alpha value is -1.32. The van der Waals surface area contributed by atoms with Gasteiger partial charge in [0.25, 0.3) is 0 Å². The third-order valence-electron chi connectivity index (χ3n) is 1.68. The Bertz CT molecular complexity index is 305. The lowest BCUT2D eigenvalue weighted by atomic mass is 10.4. The molecule has 0 atom stereocenters. The molecule has 0 fully saturated rings. The molecule has 0 aliphatic carbocycles. The molecular weight excluding hydrogens is 168 g/mol. The van der Waals surface area contributed by atoms with Gasteiger partial charge >= 0.3 is 6.09 Å². The molecule has 0 amide bonds. The molecule has 0 bridgehead atoms. The number of carbonyl (C=O) groups is 1. The van der Waals surface area contributed by atoms with Gasteiger partial charge in [-0.15, -0.1) is 0 Å². The van der Waals surface area contributed by atoms with Gasteiger partial charge in [0.05, 0.1) is 12.3 Å². The maximum atomic E-state index is 11.3. The Morgan fingerprint density at radius 3 is 2.85 bits per heavy atom. The standard InChI is InChI=1S/C9H14N2O2/c1-4-8-10-7(3)6-11(8)9(12)13-5-2/h6H,4-5H2,1-3H3. The molecular formula is C9H14N2O2. The summed E-state index contributed by atoms with van der Waals surface area (Å²) < 4.78 is 6.32. The average molecular weight is 182 g/mol. The molecule has 0 N–H and O–H groups in total. The van der Waals surface area contributed by atoms with E-state index in [0.717, 1.165) is 17.9 Å². The summed E-state index contributed by atoms with van der Waals surface area (Å²) in [7, 11) is 0. The molecule has 0 saturated carbocycles. The molecule has 0 spiro atoms. The van der Waals surface area contributed by atoms with Crippen molar-refractivity contribution >= 4 is 6.09 Å². The van der Waals surface area contributed by atoms with Gasteiger partial charge < -0.3 is 4.74 Å². The van der Waals surface area contributed by atoms with Gasteiger partial charge in [-0.3, -0.25) is 0 Å². The van der Waals surface area contributed by atoms with Crippen molar-refractivity contribution in [2.45, 2.75) is 27.2 Å². The molecule has 0 radical (unpaired) electrons. The summed E-state index contributed by atoms with van der Waals surface area (Å²) in [5, 5.41) is 0. The minimum atomic E-state index is -0.347. The summed E-state index contributed by atoms with van der Waals surface area (Å²) in [6.45, 7) is 5.99. The maximum absolute atomic E-state index is 11.3. The molecule has 0 aliphatic rings. The van der Waals surface area contributed by atoms with Crippen LogP contribution in [0.1, 0.15) is 25.4 Å². The largest absolute Gasteiger partial charge is 0.449 e. The average Bonchev–Trinajstić information content (AvgIpc) is 2.47. The third kappa shape index (κ3) is 2.08. The summed E-state index contributed by atoms with van der Waals surface area (Å²) in [6.07, 6.45) is 2.07. The van der Waals surface area contributed by atoms with E-state index in [2.05, 4.69) is 4.98 Å². The van der Waals surface area contributed by atoms with Crippen molar-refractivity contribution in [3.63, 3.8) is 0 Å². The van der Waals surface area contributed by atoms with Crippen LogP contribution in [0.25, 0.3) is 0 Å². The zero-order valence-corrected chi connectivity index (χ0v) is 8.20. The molecule has 0 aliphatic heterocycles. The molecule has 0 saturated heterocycles. The van der Waals surface area contributed by atoms with Crippen molar-refractivity contribution in [2.24, 2.45) is 0 Å². The lowest BCUT2D eigenvalue weighted by Gasteiger charge is -2.03. The minimum Gasteiger partial charge on any atom is -0.449 e. The third-order valence-corrected chi connectivity index (χ3v) is 1.68. The van der Waals surface area contributed by atoms with E-state index in [1.807, 2.05) is 13.8 Å². The fourth-order valence-electron chi connectivity index (χ4n) is 1.15. The number of rotatable bonds is 2. The zero-order valence-electron chi connectivity index (χ0n) is 8.20. The van der Waals surface area contributed by atoms with Crippen molar-refractivity contribution in [2.75, 3.05) is 6.61 Å². The highest BCUT2D eigenvalue weighted by Gasteiger charge is 2.11. The molecule has 4 nitrogen and oxygen atoms in total. The van der Waals surface area contributed by atoms with Crippen LogP contribution in [0.15, 0.2) is 6.20 Å². The topological polar surface area (TPSA) is 44.1 Å². The van der Waals surface area contributed by atoms with E-state index in [9.17, 15) is 4.79 Å². The van der Waals surface area contributed by atoms with E-state index in [1.165, 1.54) is 4.57 Å². The van der Waals surface area contributed by atoms with Crippen LogP contribution in [0.3, 0.4) is 0 Å². The van der Waals surface area contributed by atoms with Crippen LogP contribution in [-0.2, 0) is 11.2 Å². The van der Waals surface area contributed by atoms with E-state index in [0.29, 0.717) is 6.61 Å². The van der Waals surface area contributed by atoms with Gasteiger partial charge in [0.2, 0.25) is 0 Å². The molecule has 0 aromatic carbocycles. The smallest absolute Gasteiger partial charge is 0.419 e. The van der Waals surface area contributed by atoms with Crippen LogP contribution >= 0.6 is 0 Å². The predicted octanol–water partition coefficient (Wildman–Crippen LogP) is 1.76. The van der Waals surface area contributed by atoms with Gasteiger partial charge in [-0.05, 0) is 13.8 Å². The molecule has 72 valence electrons. The first-order valence-electron chi connectivity index (χ1n) is 4.41. The Labute approximate surface area is 77.5 Å². The molecule has 0 unspecified atom stereocenters. The van der Waals surface area contributed by atoms with Gasteiger partial charge in [-0.2, -0.15) is 0 Å². The monoisotopic (exact) mass is 182 g/mol. The first-order chi connectivity index (χ1) is 6.19. The van der Waals surface area contributed by atoms with Crippen LogP contribution in [0.5, 0.6) is 0 Å². The normalized spacial score (nSPS) is 10.1. The summed E-state index contributed by atoms with van der Waals surface area (Å²) >= 11 is 0. The number of nitrogens with zero attached hydrogens (tertiary/aromatic N) is 2. The summed E-state index contributed by atoms with van der Waals surface area (Å²) in [6, 6.07) is 0. The Kier molecular flexibility index (Phi) is 3.06. The number of carbonyl (C=O) groups excluding carboxylic acids is 1. The van der Waals surface area contributed by atoms with Crippen molar-refractivity contribution < 1.29 is 9.53 Å². The molecule has 13 heavy (non-hydrogen) atoms. The molecule has 1 heterocycles. The Morgan fingerprint density at radius 2 is 2.31 bits per heavy atom. The van der Waals surface area contributed by atoms with E-state index in [4.69, 9.17) is 4.74 Å². The van der Waals surface area contributed by atoms with Crippen LogP contribution in [-0.4, -0.2) is 22.3 Å². The van der Waals surface area contributed by atoms with E-state index in [1.54, 1.807) is 13.1 Å². The number of aryl methyl sites for hydroxylation is 2. The van der Waals surface area contributed by atoms with Crippen molar-refractivity contribution in [1.29, 1.82) is 0 Å². The van der Waals surface area contributed by atoms with E-state index < -0.39 is 0 Å². The Morgan fingerprint density at radius 1 is 1.62 bits per heavy atom. The van der Waals surface area contributed by atoms with Crippen molar-refractivity contribution in [1.82, 2.24) is 9.55 Å². The number of ether oxygens (including phenoxy) is 1. The van der Waals surface area contributed by atoms with Gasteiger partial charge in [0, 0.05) is 12.6 Å². The van der Waals surface area contributed by atoms with Crippen molar-refractivity contribution in [3.8, 4) is 0 Å². The van der Waals surface area contributed by atoms with Crippen LogP contribution in [0, 0.1) is 6.92 Å². The maximum Gasteiger partial charge on any atom is 0.419 e. The number of hydrogen-bond acceptors (Lipinski definition) is 3. The van der Waals surface area contributed by atoms with Crippen LogP contribution < -0.4 is 0 Å². The van der Waals surface area contributed by atoms with E-state index >= 15 is 0 Å². The number of imidazole rings is 1. The van der Waals surface area contributed by atoms with Gasteiger partial charge in [-0.1, -0.05) is 6.92 Å². The highest BCUT2D eigenvalue weighted by atomic mass is 16.5. The minimum absolute atomic E-state index is 0.347.